The van der Waals surface area contributed by atoms with Gasteiger partial charge in [-0.3, -0.25) is 9.80 Å². The Morgan fingerprint density at radius 2 is 1.80 bits per heavy atom. The highest BCUT2D eigenvalue weighted by molar-refractivity contribution is 5.26. The molecule has 1 N–H and O–H groups in total. The van der Waals surface area contributed by atoms with Crippen LogP contribution in [0.25, 0.3) is 0 Å². The molecule has 0 spiro atoms. The summed E-state index contributed by atoms with van der Waals surface area (Å²) in [7, 11) is 0. The Bertz CT molecular complexity index is 648. The molecule has 0 bridgehead atoms. The first-order valence-corrected chi connectivity index (χ1v) is 8.83. The minimum Gasteiger partial charge on any atom is -0.491 e. The van der Waals surface area contributed by atoms with E-state index in [0.29, 0.717) is 13.2 Å². The zero-order chi connectivity index (χ0) is 17.6. The summed E-state index contributed by atoms with van der Waals surface area (Å²) in [5.41, 5.74) is 2.12. The van der Waals surface area contributed by atoms with Crippen LogP contribution in [0, 0.1) is 13.8 Å². The van der Waals surface area contributed by atoms with Crippen LogP contribution in [0.4, 0.5) is 0 Å². The molecule has 1 saturated heterocycles. The number of β-amino-alcohol motifs (C(OH)–C–C–N with tert-alkyl or cyclic N) is 1. The summed E-state index contributed by atoms with van der Waals surface area (Å²) in [6.45, 7) is 9.54. The number of hydrogen-bond donors (Lipinski definition) is 1. The van der Waals surface area contributed by atoms with Gasteiger partial charge in [0, 0.05) is 38.8 Å². The van der Waals surface area contributed by atoms with Crippen molar-refractivity contribution in [2.75, 3.05) is 39.3 Å². The van der Waals surface area contributed by atoms with Crippen LogP contribution in [0.3, 0.4) is 0 Å². The molecule has 1 atom stereocenters. The van der Waals surface area contributed by atoms with Gasteiger partial charge in [0.1, 0.15) is 18.5 Å². The smallest absolute Gasteiger partial charge is 0.150 e. The molecule has 1 aromatic carbocycles. The average Bonchev–Trinajstić information content (AvgIpc) is 3.01. The van der Waals surface area contributed by atoms with Crippen molar-refractivity contribution in [2.24, 2.45) is 0 Å². The third kappa shape index (κ3) is 5.56. The SMILES string of the molecule is Cc1ccc(OCC(O)CN2CCN(Cc3cc(C)no3)CC2)cc1. The quantitative estimate of drug-likeness (QED) is 0.826. The first-order valence-electron chi connectivity index (χ1n) is 8.83. The third-order valence-electron chi connectivity index (χ3n) is 4.45. The molecule has 2 heterocycles. The Labute approximate surface area is 149 Å². The normalized spacial score (nSPS) is 17.6. The standard InChI is InChI=1S/C19H27N3O3/c1-15-3-5-18(6-4-15)24-14-17(23)12-21-7-9-22(10-8-21)13-19-11-16(2)20-25-19/h3-6,11,17,23H,7-10,12-14H2,1-2H3. The van der Waals surface area contributed by atoms with Gasteiger partial charge in [0.25, 0.3) is 0 Å². The first-order chi connectivity index (χ1) is 12.1. The topological polar surface area (TPSA) is 62.0 Å². The van der Waals surface area contributed by atoms with E-state index in [9.17, 15) is 5.11 Å². The molecule has 25 heavy (non-hydrogen) atoms. The van der Waals surface area contributed by atoms with Crippen LogP contribution in [-0.2, 0) is 6.54 Å². The van der Waals surface area contributed by atoms with E-state index in [1.54, 1.807) is 0 Å². The lowest BCUT2D eigenvalue weighted by atomic mass is 10.2. The van der Waals surface area contributed by atoms with Crippen molar-refractivity contribution in [3.63, 3.8) is 0 Å². The van der Waals surface area contributed by atoms with Gasteiger partial charge in [-0.05, 0) is 26.0 Å². The molecule has 0 amide bonds. The van der Waals surface area contributed by atoms with Crippen LogP contribution in [-0.4, -0.2) is 65.5 Å². The van der Waals surface area contributed by atoms with E-state index in [2.05, 4.69) is 15.0 Å². The summed E-state index contributed by atoms with van der Waals surface area (Å²) >= 11 is 0. The number of aliphatic hydroxyl groups excluding tert-OH is 1. The van der Waals surface area contributed by atoms with E-state index in [0.717, 1.165) is 49.9 Å². The van der Waals surface area contributed by atoms with Crippen LogP contribution >= 0.6 is 0 Å². The molecular weight excluding hydrogens is 318 g/mol. The summed E-state index contributed by atoms with van der Waals surface area (Å²) in [5.74, 6) is 1.72. The second-order valence-electron chi connectivity index (χ2n) is 6.79. The Morgan fingerprint density at radius 1 is 1.12 bits per heavy atom. The molecule has 136 valence electrons. The van der Waals surface area contributed by atoms with Gasteiger partial charge < -0.3 is 14.4 Å². The maximum absolute atomic E-state index is 10.2. The van der Waals surface area contributed by atoms with E-state index in [1.165, 1.54) is 5.56 Å². The van der Waals surface area contributed by atoms with Crippen LogP contribution in [0.1, 0.15) is 17.0 Å². The molecule has 6 heteroatoms. The summed E-state index contributed by atoms with van der Waals surface area (Å²) in [6.07, 6.45) is -0.482. The maximum atomic E-state index is 10.2. The molecule has 0 saturated carbocycles. The van der Waals surface area contributed by atoms with E-state index in [1.807, 2.05) is 44.2 Å². The number of aromatic nitrogens is 1. The predicted molar refractivity (Wildman–Crippen MR) is 95.6 cm³/mol. The number of piperazine rings is 1. The van der Waals surface area contributed by atoms with Gasteiger partial charge in [0.15, 0.2) is 5.76 Å². The molecular formula is C19H27N3O3. The number of aliphatic hydroxyl groups is 1. The lowest BCUT2D eigenvalue weighted by Crippen LogP contribution is -2.48. The van der Waals surface area contributed by atoms with Crippen molar-refractivity contribution in [3.05, 3.63) is 47.3 Å². The van der Waals surface area contributed by atoms with Gasteiger partial charge in [-0.2, -0.15) is 0 Å². The van der Waals surface area contributed by atoms with E-state index < -0.39 is 6.10 Å². The number of benzene rings is 1. The monoisotopic (exact) mass is 345 g/mol. The van der Waals surface area contributed by atoms with Crippen molar-refractivity contribution in [1.82, 2.24) is 15.0 Å². The predicted octanol–water partition coefficient (Wildman–Crippen LogP) is 1.85. The van der Waals surface area contributed by atoms with E-state index in [-0.39, 0.29) is 0 Å². The van der Waals surface area contributed by atoms with Crippen molar-refractivity contribution in [2.45, 2.75) is 26.5 Å². The van der Waals surface area contributed by atoms with Crippen LogP contribution in [0.2, 0.25) is 0 Å². The Hall–Kier alpha value is -1.89. The minimum atomic E-state index is -0.482. The zero-order valence-electron chi connectivity index (χ0n) is 15.0. The minimum absolute atomic E-state index is 0.320. The third-order valence-corrected chi connectivity index (χ3v) is 4.45. The van der Waals surface area contributed by atoms with Gasteiger partial charge in [0.05, 0.1) is 12.2 Å². The fourth-order valence-electron chi connectivity index (χ4n) is 3.02. The van der Waals surface area contributed by atoms with Crippen LogP contribution in [0.5, 0.6) is 5.75 Å². The molecule has 6 nitrogen and oxygen atoms in total. The van der Waals surface area contributed by atoms with Gasteiger partial charge >= 0.3 is 0 Å². The number of nitrogens with zero attached hydrogens (tertiary/aromatic N) is 3. The molecule has 0 radical (unpaired) electrons. The van der Waals surface area contributed by atoms with Crippen molar-refractivity contribution in [3.8, 4) is 5.75 Å². The van der Waals surface area contributed by atoms with Gasteiger partial charge in [-0.25, -0.2) is 0 Å². The van der Waals surface area contributed by atoms with Gasteiger partial charge in [-0.1, -0.05) is 22.9 Å². The number of rotatable bonds is 7. The fraction of sp³-hybridized carbons (Fsp3) is 0.526. The molecule has 1 unspecified atom stereocenters. The summed E-state index contributed by atoms with van der Waals surface area (Å²) in [5, 5.41) is 14.1. The van der Waals surface area contributed by atoms with Crippen LogP contribution < -0.4 is 4.74 Å². The largest absolute Gasteiger partial charge is 0.491 e. The van der Waals surface area contributed by atoms with Crippen molar-refractivity contribution >= 4 is 0 Å². The van der Waals surface area contributed by atoms with Crippen molar-refractivity contribution < 1.29 is 14.4 Å². The molecule has 0 aliphatic carbocycles. The average molecular weight is 345 g/mol. The van der Waals surface area contributed by atoms with E-state index >= 15 is 0 Å². The highest BCUT2D eigenvalue weighted by Crippen LogP contribution is 2.13. The molecule has 1 aromatic heterocycles. The lowest BCUT2D eigenvalue weighted by Gasteiger charge is -2.35. The van der Waals surface area contributed by atoms with Crippen LogP contribution in [0.15, 0.2) is 34.9 Å². The Kier molecular flexibility index (Phi) is 6.07. The van der Waals surface area contributed by atoms with Gasteiger partial charge in [-0.15, -0.1) is 0 Å². The summed E-state index contributed by atoms with van der Waals surface area (Å²) in [4.78, 5) is 4.64. The Balaban J connectivity index is 1.35. The zero-order valence-corrected chi connectivity index (χ0v) is 15.0. The number of ether oxygens (including phenoxy) is 1. The summed E-state index contributed by atoms with van der Waals surface area (Å²) < 4.78 is 10.9. The fourth-order valence-corrected chi connectivity index (χ4v) is 3.02. The highest BCUT2D eigenvalue weighted by atomic mass is 16.5. The Morgan fingerprint density at radius 3 is 2.44 bits per heavy atom. The molecule has 2 aromatic rings. The van der Waals surface area contributed by atoms with Crippen molar-refractivity contribution in [1.29, 1.82) is 0 Å². The maximum Gasteiger partial charge on any atom is 0.150 e. The molecule has 1 fully saturated rings. The molecule has 1 aliphatic heterocycles. The number of hydrogen-bond acceptors (Lipinski definition) is 6. The highest BCUT2D eigenvalue weighted by Gasteiger charge is 2.20. The second kappa shape index (κ2) is 8.47. The number of aryl methyl sites for hydroxylation is 2. The molecule has 1 aliphatic rings. The van der Waals surface area contributed by atoms with E-state index in [4.69, 9.17) is 9.26 Å². The summed E-state index contributed by atoms with van der Waals surface area (Å²) in [6, 6.07) is 9.88. The second-order valence-corrected chi connectivity index (χ2v) is 6.79. The lowest BCUT2D eigenvalue weighted by molar-refractivity contribution is 0.0430. The molecule has 3 rings (SSSR count). The van der Waals surface area contributed by atoms with Gasteiger partial charge in [0.2, 0.25) is 0 Å². The first kappa shape index (κ1) is 17.9.